The highest BCUT2D eigenvalue weighted by Gasteiger charge is 2.27. The second-order valence-electron chi connectivity index (χ2n) is 4.72. The Kier molecular flexibility index (Phi) is 4.18. The summed E-state index contributed by atoms with van der Waals surface area (Å²) in [5.41, 5.74) is 6.05. The van der Waals surface area contributed by atoms with E-state index in [4.69, 9.17) is 5.73 Å². The third-order valence-corrected chi connectivity index (χ3v) is 4.41. The molecule has 17 heavy (non-hydrogen) atoms. The average Bonchev–Trinajstić information content (AvgIpc) is 2.77. The molecule has 1 aliphatic rings. The zero-order valence-corrected chi connectivity index (χ0v) is 11.1. The van der Waals surface area contributed by atoms with E-state index >= 15 is 0 Å². The normalized spacial score (nSPS) is 23.2. The summed E-state index contributed by atoms with van der Waals surface area (Å²) in [4.78, 5) is 15.3. The minimum Gasteiger partial charge on any atom is -0.338 e. The standard InChI is InChI=1S/C13H20N2OS/c1-10-6-3-2-4-8-15(10)13(16)12(14)11-7-5-9-17-11/h5,7,9-10,12H,2-4,6,8,14H2,1H3. The van der Waals surface area contributed by atoms with E-state index < -0.39 is 6.04 Å². The van der Waals surface area contributed by atoms with E-state index in [-0.39, 0.29) is 5.91 Å². The van der Waals surface area contributed by atoms with Crippen molar-refractivity contribution in [3.05, 3.63) is 22.4 Å². The summed E-state index contributed by atoms with van der Waals surface area (Å²) in [6.45, 7) is 2.99. The molecule has 94 valence electrons. The van der Waals surface area contributed by atoms with Crippen LogP contribution in [0.15, 0.2) is 17.5 Å². The van der Waals surface area contributed by atoms with Gasteiger partial charge in [0.1, 0.15) is 6.04 Å². The molecule has 0 radical (unpaired) electrons. The number of nitrogens with two attached hydrogens (primary N) is 1. The maximum Gasteiger partial charge on any atom is 0.245 e. The molecule has 4 heteroatoms. The molecule has 3 nitrogen and oxygen atoms in total. The van der Waals surface area contributed by atoms with Gasteiger partial charge in [-0.05, 0) is 31.2 Å². The van der Waals surface area contributed by atoms with Crippen molar-refractivity contribution in [1.82, 2.24) is 4.90 Å². The Balaban J connectivity index is 2.07. The number of thiophene rings is 1. The van der Waals surface area contributed by atoms with Crippen LogP contribution >= 0.6 is 11.3 Å². The van der Waals surface area contributed by atoms with Gasteiger partial charge >= 0.3 is 0 Å². The van der Waals surface area contributed by atoms with Crippen LogP contribution in [0.4, 0.5) is 0 Å². The largest absolute Gasteiger partial charge is 0.338 e. The van der Waals surface area contributed by atoms with E-state index in [9.17, 15) is 4.79 Å². The van der Waals surface area contributed by atoms with E-state index in [1.807, 2.05) is 22.4 Å². The van der Waals surface area contributed by atoms with Crippen LogP contribution in [0.3, 0.4) is 0 Å². The van der Waals surface area contributed by atoms with Crippen molar-refractivity contribution in [2.75, 3.05) is 6.54 Å². The van der Waals surface area contributed by atoms with Crippen LogP contribution < -0.4 is 5.73 Å². The predicted octanol–water partition coefficient (Wildman–Crippen LogP) is 2.54. The minimum atomic E-state index is -0.476. The second-order valence-corrected chi connectivity index (χ2v) is 5.70. The molecule has 1 aromatic rings. The number of amides is 1. The van der Waals surface area contributed by atoms with Gasteiger partial charge in [-0.15, -0.1) is 11.3 Å². The highest BCUT2D eigenvalue weighted by Crippen LogP contribution is 2.23. The zero-order chi connectivity index (χ0) is 12.3. The highest BCUT2D eigenvalue weighted by molar-refractivity contribution is 7.10. The summed E-state index contributed by atoms with van der Waals surface area (Å²) in [7, 11) is 0. The third kappa shape index (κ3) is 2.87. The van der Waals surface area contributed by atoms with E-state index in [1.54, 1.807) is 11.3 Å². The van der Waals surface area contributed by atoms with Crippen molar-refractivity contribution in [2.45, 2.75) is 44.7 Å². The average molecular weight is 252 g/mol. The lowest BCUT2D eigenvalue weighted by molar-refractivity contribution is -0.134. The molecular formula is C13H20N2OS. The molecule has 0 spiro atoms. The number of carbonyl (C=O) groups is 1. The molecule has 0 bridgehead atoms. The molecule has 2 rings (SSSR count). The summed E-state index contributed by atoms with van der Waals surface area (Å²) in [5, 5.41) is 1.97. The Hall–Kier alpha value is -0.870. The lowest BCUT2D eigenvalue weighted by Gasteiger charge is -2.29. The smallest absolute Gasteiger partial charge is 0.245 e. The van der Waals surface area contributed by atoms with Crippen molar-refractivity contribution in [3.8, 4) is 0 Å². The molecular weight excluding hydrogens is 232 g/mol. The van der Waals surface area contributed by atoms with Gasteiger partial charge in [0.2, 0.25) is 5.91 Å². The van der Waals surface area contributed by atoms with E-state index in [0.29, 0.717) is 6.04 Å². The Bertz CT molecular complexity index is 364. The number of hydrogen-bond donors (Lipinski definition) is 1. The van der Waals surface area contributed by atoms with Gasteiger partial charge in [-0.25, -0.2) is 0 Å². The van der Waals surface area contributed by atoms with Gasteiger partial charge in [0.25, 0.3) is 0 Å². The Morgan fingerprint density at radius 1 is 1.53 bits per heavy atom. The number of likely N-dealkylation sites (tertiary alicyclic amines) is 1. The lowest BCUT2D eigenvalue weighted by atomic mass is 10.1. The van der Waals surface area contributed by atoms with Crippen molar-refractivity contribution >= 4 is 17.2 Å². The summed E-state index contributed by atoms with van der Waals surface area (Å²) in [5.74, 6) is 0.0850. The summed E-state index contributed by atoms with van der Waals surface area (Å²) < 4.78 is 0. The quantitative estimate of drug-likeness (QED) is 0.879. The molecule has 1 saturated heterocycles. The Morgan fingerprint density at radius 2 is 2.35 bits per heavy atom. The first-order valence-corrected chi connectivity index (χ1v) is 7.17. The topological polar surface area (TPSA) is 46.3 Å². The first-order chi connectivity index (χ1) is 8.20. The SMILES string of the molecule is CC1CCCCCN1C(=O)C(N)c1cccs1. The van der Waals surface area contributed by atoms with Crippen LogP contribution in [0, 0.1) is 0 Å². The highest BCUT2D eigenvalue weighted by atomic mass is 32.1. The molecule has 0 aliphatic carbocycles. The van der Waals surface area contributed by atoms with Gasteiger partial charge in [0.05, 0.1) is 0 Å². The van der Waals surface area contributed by atoms with Crippen LogP contribution in [0.2, 0.25) is 0 Å². The fraction of sp³-hybridized carbons (Fsp3) is 0.615. The number of nitrogens with zero attached hydrogens (tertiary/aromatic N) is 1. The van der Waals surface area contributed by atoms with Gasteiger partial charge in [-0.2, -0.15) is 0 Å². The fourth-order valence-corrected chi connectivity index (χ4v) is 3.09. The van der Waals surface area contributed by atoms with Gasteiger partial charge < -0.3 is 10.6 Å². The van der Waals surface area contributed by atoms with Gasteiger partial charge in [-0.3, -0.25) is 4.79 Å². The van der Waals surface area contributed by atoms with Gasteiger partial charge in [-0.1, -0.05) is 18.9 Å². The molecule has 1 fully saturated rings. The molecule has 2 heterocycles. The monoisotopic (exact) mass is 252 g/mol. The van der Waals surface area contributed by atoms with Crippen molar-refractivity contribution in [2.24, 2.45) is 5.73 Å². The molecule has 2 unspecified atom stereocenters. The molecule has 0 aromatic carbocycles. The Morgan fingerprint density at radius 3 is 3.06 bits per heavy atom. The maximum absolute atomic E-state index is 12.4. The van der Waals surface area contributed by atoms with Crippen LogP contribution in [0.1, 0.15) is 43.5 Å². The zero-order valence-electron chi connectivity index (χ0n) is 10.3. The first kappa shape index (κ1) is 12.6. The van der Waals surface area contributed by atoms with Crippen LogP contribution in [-0.2, 0) is 4.79 Å². The van der Waals surface area contributed by atoms with Crippen LogP contribution in [0.5, 0.6) is 0 Å². The first-order valence-electron chi connectivity index (χ1n) is 6.29. The summed E-state index contributed by atoms with van der Waals surface area (Å²) in [6, 6.07) is 3.74. The number of hydrogen-bond acceptors (Lipinski definition) is 3. The van der Waals surface area contributed by atoms with E-state index in [2.05, 4.69) is 6.92 Å². The number of rotatable bonds is 2. The van der Waals surface area contributed by atoms with Crippen LogP contribution in [-0.4, -0.2) is 23.4 Å². The van der Waals surface area contributed by atoms with Crippen molar-refractivity contribution in [3.63, 3.8) is 0 Å². The maximum atomic E-state index is 12.4. The molecule has 2 N–H and O–H groups in total. The van der Waals surface area contributed by atoms with E-state index in [0.717, 1.165) is 24.3 Å². The fourth-order valence-electron chi connectivity index (χ4n) is 2.37. The molecule has 1 aromatic heterocycles. The molecule has 2 atom stereocenters. The van der Waals surface area contributed by atoms with Gasteiger partial charge in [0, 0.05) is 17.5 Å². The van der Waals surface area contributed by atoms with Gasteiger partial charge in [0.15, 0.2) is 0 Å². The van der Waals surface area contributed by atoms with Crippen LogP contribution in [0.25, 0.3) is 0 Å². The third-order valence-electron chi connectivity index (χ3n) is 3.45. The summed E-state index contributed by atoms with van der Waals surface area (Å²) >= 11 is 1.56. The Labute approximate surface area is 107 Å². The van der Waals surface area contributed by atoms with Crippen molar-refractivity contribution < 1.29 is 4.79 Å². The van der Waals surface area contributed by atoms with Crippen molar-refractivity contribution in [1.29, 1.82) is 0 Å². The van der Waals surface area contributed by atoms with E-state index in [1.165, 1.54) is 12.8 Å². The second kappa shape index (κ2) is 5.65. The summed E-state index contributed by atoms with van der Waals surface area (Å²) in [6.07, 6.45) is 4.65. The number of carbonyl (C=O) groups excluding carboxylic acids is 1. The minimum absolute atomic E-state index is 0.0850. The molecule has 0 saturated carbocycles. The predicted molar refractivity (Wildman–Crippen MR) is 70.9 cm³/mol. The lowest BCUT2D eigenvalue weighted by Crippen LogP contribution is -2.43. The molecule has 1 amide bonds. The molecule has 1 aliphatic heterocycles.